The largest absolute Gasteiger partial charge is 0.315 e. The van der Waals surface area contributed by atoms with Gasteiger partial charge in [-0.25, -0.2) is 8.42 Å². The number of aromatic amines is 1. The first-order valence-electron chi connectivity index (χ1n) is 4.91. The average Bonchev–Trinajstić information content (AvgIpc) is 2.44. The number of H-pyrrole nitrogens is 1. The molecule has 5 nitrogen and oxygen atoms in total. The number of nitrogens with zero attached hydrogens (tertiary/aromatic N) is 1. The normalized spacial score (nSPS) is 12.6. The number of hydrogen-bond donors (Lipinski definition) is 1. The maximum absolute atomic E-state index is 12.1. The van der Waals surface area contributed by atoms with Crippen LogP contribution in [0, 0.1) is 12.8 Å². The monoisotopic (exact) mass is 264 g/mol. The zero-order valence-corrected chi connectivity index (χ0v) is 11.4. The van der Waals surface area contributed by atoms with Crippen molar-refractivity contribution in [2.24, 2.45) is 5.92 Å². The quantitative estimate of drug-likeness (QED) is 0.882. The molecule has 1 aromatic heterocycles. The molecule has 0 fully saturated rings. The fourth-order valence-corrected chi connectivity index (χ4v) is 4.21. The molecule has 0 atom stereocenters. The van der Waals surface area contributed by atoms with Gasteiger partial charge in [0, 0.05) is 19.3 Å². The van der Waals surface area contributed by atoms with Gasteiger partial charge in [-0.3, -0.25) is 4.79 Å². The molecule has 0 spiro atoms. The van der Waals surface area contributed by atoms with Crippen LogP contribution in [0.15, 0.2) is 9.00 Å². The number of rotatable bonds is 4. The summed E-state index contributed by atoms with van der Waals surface area (Å²) in [6, 6.07) is 0. The summed E-state index contributed by atoms with van der Waals surface area (Å²) in [5.41, 5.74) is 0.408. The Morgan fingerprint density at radius 2 is 2.00 bits per heavy atom. The van der Waals surface area contributed by atoms with E-state index in [1.165, 1.54) is 11.4 Å². The highest BCUT2D eigenvalue weighted by Crippen LogP contribution is 2.20. The van der Waals surface area contributed by atoms with E-state index in [-0.39, 0.29) is 15.0 Å². The van der Waals surface area contributed by atoms with Crippen LogP contribution in [0.25, 0.3) is 0 Å². The third-order valence-electron chi connectivity index (χ3n) is 2.05. The summed E-state index contributed by atoms with van der Waals surface area (Å²) in [6.45, 7) is 5.92. The van der Waals surface area contributed by atoms with Gasteiger partial charge < -0.3 is 4.98 Å². The van der Waals surface area contributed by atoms with Crippen molar-refractivity contribution in [1.29, 1.82) is 0 Å². The van der Waals surface area contributed by atoms with Crippen LogP contribution in [0.2, 0.25) is 0 Å². The number of aromatic nitrogens is 1. The molecule has 0 aliphatic rings. The highest BCUT2D eigenvalue weighted by Gasteiger charge is 2.25. The molecule has 1 aromatic rings. The van der Waals surface area contributed by atoms with Crippen molar-refractivity contribution in [3.63, 3.8) is 0 Å². The Labute approximate surface area is 99.2 Å². The molecule has 1 rings (SSSR count). The lowest BCUT2D eigenvalue weighted by atomic mass is 10.2. The molecule has 92 valence electrons. The molecule has 0 bridgehead atoms. The van der Waals surface area contributed by atoms with Crippen LogP contribution in [0.4, 0.5) is 0 Å². The Morgan fingerprint density at radius 3 is 2.38 bits per heavy atom. The first-order chi connectivity index (χ1) is 7.25. The Hall–Kier alpha value is -0.660. The van der Waals surface area contributed by atoms with E-state index in [2.05, 4.69) is 4.98 Å². The number of thiazole rings is 1. The van der Waals surface area contributed by atoms with Crippen LogP contribution in [0.1, 0.15) is 19.5 Å². The summed E-state index contributed by atoms with van der Waals surface area (Å²) in [5, 5.41) is 0. The lowest BCUT2D eigenvalue weighted by Gasteiger charge is -2.18. The van der Waals surface area contributed by atoms with Gasteiger partial charge in [-0.1, -0.05) is 25.2 Å². The highest BCUT2D eigenvalue weighted by atomic mass is 32.2. The van der Waals surface area contributed by atoms with Gasteiger partial charge in [-0.15, -0.1) is 0 Å². The van der Waals surface area contributed by atoms with Crippen molar-refractivity contribution in [2.75, 3.05) is 13.6 Å². The van der Waals surface area contributed by atoms with E-state index in [1.54, 1.807) is 6.92 Å². The average molecular weight is 264 g/mol. The van der Waals surface area contributed by atoms with Gasteiger partial charge in [0.2, 0.25) is 0 Å². The van der Waals surface area contributed by atoms with Gasteiger partial charge in [0.1, 0.15) is 0 Å². The second-order valence-corrected chi connectivity index (χ2v) is 7.33. The maximum Gasteiger partial charge on any atom is 0.305 e. The zero-order chi connectivity index (χ0) is 12.5. The topological polar surface area (TPSA) is 70.2 Å². The molecule has 0 radical (unpaired) electrons. The van der Waals surface area contributed by atoms with Crippen molar-refractivity contribution in [3.05, 3.63) is 15.4 Å². The third-order valence-corrected chi connectivity index (χ3v) is 5.45. The molecule has 0 saturated carbocycles. The Morgan fingerprint density at radius 1 is 1.44 bits per heavy atom. The number of hydrogen-bond acceptors (Lipinski definition) is 4. The Bertz CT molecular complexity index is 513. The van der Waals surface area contributed by atoms with E-state index in [0.29, 0.717) is 12.2 Å². The van der Waals surface area contributed by atoms with Gasteiger partial charge in [0.25, 0.3) is 10.0 Å². The third kappa shape index (κ3) is 2.72. The van der Waals surface area contributed by atoms with Crippen molar-refractivity contribution < 1.29 is 8.42 Å². The molecule has 0 aliphatic carbocycles. The van der Waals surface area contributed by atoms with E-state index in [0.717, 1.165) is 11.3 Å². The van der Waals surface area contributed by atoms with Crippen LogP contribution in [0.5, 0.6) is 0 Å². The van der Waals surface area contributed by atoms with Crippen LogP contribution in [-0.2, 0) is 10.0 Å². The molecule has 0 aromatic carbocycles. The number of nitrogens with one attached hydrogen (secondary N) is 1. The summed E-state index contributed by atoms with van der Waals surface area (Å²) in [5.74, 6) is 0.246. The maximum atomic E-state index is 12.1. The van der Waals surface area contributed by atoms with Gasteiger partial charge >= 0.3 is 4.87 Å². The zero-order valence-electron chi connectivity index (χ0n) is 9.77. The highest BCUT2D eigenvalue weighted by molar-refractivity contribution is 7.91. The molecule has 1 heterocycles. The first kappa shape index (κ1) is 13.4. The van der Waals surface area contributed by atoms with E-state index in [4.69, 9.17) is 0 Å². The standard InChI is InChI=1S/C9H16N2O3S2/c1-6(2)5-11(4)16(13,14)8-7(3)10-9(12)15-8/h6H,5H2,1-4H3,(H,10,12). The fourth-order valence-electron chi connectivity index (χ4n) is 1.39. The fraction of sp³-hybridized carbons (Fsp3) is 0.667. The summed E-state index contributed by atoms with van der Waals surface area (Å²) in [7, 11) is -2.00. The van der Waals surface area contributed by atoms with Gasteiger partial charge in [0.15, 0.2) is 4.21 Å². The van der Waals surface area contributed by atoms with Crippen LogP contribution >= 0.6 is 11.3 Å². The second-order valence-electron chi connectivity index (χ2n) is 4.11. The SMILES string of the molecule is Cc1[nH]c(=O)sc1S(=O)(=O)N(C)CC(C)C. The van der Waals surface area contributed by atoms with Crippen LogP contribution in [0.3, 0.4) is 0 Å². The van der Waals surface area contributed by atoms with Crippen molar-refractivity contribution in [2.45, 2.75) is 25.0 Å². The van der Waals surface area contributed by atoms with Crippen molar-refractivity contribution >= 4 is 21.4 Å². The summed E-state index contributed by atoms with van der Waals surface area (Å²) in [4.78, 5) is 13.2. The van der Waals surface area contributed by atoms with Gasteiger partial charge in [-0.05, 0) is 12.8 Å². The Kier molecular flexibility index (Phi) is 3.92. The minimum atomic E-state index is -3.52. The first-order valence-corrected chi connectivity index (χ1v) is 7.17. The molecule has 0 saturated heterocycles. The lowest BCUT2D eigenvalue weighted by Crippen LogP contribution is -2.30. The summed E-state index contributed by atoms with van der Waals surface area (Å²) < 4.78 is 25.6. The second kappa shape index (κ2) is 4.68. The molecule has 7 heteroatoms. The minimum Gasteiger partial charge on any atom is -0.315 e. The van der Waals surface area contributed by atoms with Crippen LogP contribution in [-0.4, -0.2) is 31.3 Å². The van der Waals surface area contributed by atoms with E-state index < -0.39 is 10.0 Å². The number of aryl methyl sites for hydroxylation is 1. The van der Waals surface area contributed by atoms with E-state index >= 15 is 0 Å². The van der Waals surface area contributed by atoms with E-state index in [1.807, 2.05) is 13.8 Å². The molecule has 16 heavy (non-hydrogen) atoms. The van der Waals surface area contributed by atoms with Gasteiger partial charge in [0.05, 0.1) is 0 Å². The molecule has 1 N–H and O–H groups in total. The predicted octanol–water partition coefficient (Wildman–Crippen LogP) is 1.02. The van der Waals surface area contributed by atoms with Gasteiger partial charge in [-0.2, -0.15) is 4.31 Å². The Balaban J connectivity index is 3.12. The van der Waals surface area contributed by atoms with E-state index in [9.17, 15) is 13.2 Å². The summed E-state index contributed by atoms with van der Waals surface area (Å²) in [6.07, 6.45) is 0. The smallest absolute Gasteiger partial charge is 0.305 e. The minimum absolute atomic E-state index is 0.112. The summed E-state index contributed by atoms with van der Waals surface area (Å²) >= 11 is 0.736. The number of sulfonamides is 1. The molecular formula is C9H16N2O3S2. The predicted molar refractivity (Wildman–Crippen MR) is 64.3 cm³/mol. The van der Waals surface area contributed by atoms with Crippen LogP contribution < -0.4 is 4.87 Å². The van der Waals surface area contributed by atoms with Crippen molar-refractivity contribution in [1.82, 2.24) is 9.29 Å². The molecule has 0 unspecified atom stereocenters. The lowest BCUT2D eigenvalue weighted by molar-refractivity contribution is 0.418. The molecule has 0 aliphatic heterocycles. The van der Waals surface area contributed by atoms with Crippen molar-refractivity contribution in [3.8, 4) is 0 Å². The molecule has 0 amide bonds. The molecular weight excluding hydrogens is 248 g/mol.